The second kappa shape index (κ2) is 5.73. The number of fused-ring (bicyclic) bond motifs is 1. The summed E-state index contributed by atoms with van der Waals surface area (Å²) in [5.41, 5.74) is 1.37. The smallest absolute Gasteiger partial charge is 0.337 e. The maximum absolute atomic E-state index is 11.4. The number of anilines is 2. The van der Waals surface area contributed by atoms with Crippen molar-refractivity contribution >= 4 is 39.0 Å². The van der Waals surface area contributed by atoms with E-state index in [2.05, 4.69) is 28.3 Å². The van der Waals surface area contributed by atoms with Crippen LogP contribution >= 0.6 is 11.3 Å². The molecule has 0 saturated carbocycles. The third-order valence-electron chi connectivity index (χ3n) is 3.20. The van der Waals surface area contributed by atoms with Crippen LogP contribution in [0.25, 0.3) is 10.2 Å². The highest BCUT2D eigenvalue weighted by Crippen LogP contribution is 2.30. The number of ether oxygens (including phenoxy) is 1. The summed E-state index contributed by atoms with van der Waals surface area (Å²) in [6.07, 6.45) is 0. The molecule has 1 aromatic carbocycles. The molecule has 0 unspecified atom stereocenters. The Bertz CT molecular complexity index is 840. The molecular weight excluding hydrogens is 298 g/mol. The number of rotatable bonds is 3. The van der Waals surface area contributed by atoms with E-state index in [4.69, 9.17) is 4.74 Å². The number of methoxy groups -OCH3 is 1. The molecule has 0 saturated heterocycles. The fourth-order valence-corrected chi connectivity index (χ4v) is 3.11. The van der Waals surface area contributed by atoms with Gasteiger partial charge in [-0.05, 0) is 44.2 Å². The van der Waals surface area contributed by atoms with Gasteiger partial charge in [0.2, 0.25) is 0 Å². The number of esters is 1. The van der Waals surface area contributed by atoms with Gasteiger partial charge in [-0.2, -0.15) is 0 Å². The second-order valence-electron chi connectivity index (χ2n) is 4.89. The van der Waals surface area contributed by atoms with Crippen LogP contribution in [0.1, 0.15) is 21.1 Å². The first-order valence-corrected chi connectivity index (χ1v) is 7.58. The molecule has 2 aromatic heterocycles. The Morgan fingerprint density at radius 1 is 1.18 bits per heavy atom. The largest absolute Gasteiger partial charge is 0.465 e. The number of benzene rings is 1. The predicted molar refractivity (Wildman–Crippen MR) is 88.0 cm³/mol. The third kappa shape index (κ3) is 2.78. The van der Waals surface area contributed by atoms with E-state index in [9.17, 15) is 4.79 Å². The minimum absolute atomic E-state index is 0.347. The van der Waals surface area contributed by atoms with Gasteiger partial charge in [-0.1, -0.05) is 0 Å². The lowest BCUT2D eigenvalue weighted by atomic mass is 10.2. The Hall–Kier alpha value is -2.47. The lowest BCUT2D eigenvalue weighted by Gasteiger charge is -2.08. The lowest BCUT2D eigenvalue weighted by molar-refractivity contribution is 0.0601. The average Bonchev–Trinajstić information content (AvgIpc) is 2.87. The normalized spacial score (nSPS) is 10.7. The molecule has 6 heteroatoms. The Morgan fingerprint density at radius 3 is 2.59 bits per heavy atom. The third-order valence-corrected chi connectivity index (χ3v) is 4.14. The average molecular weight is 313 g/mol. The van der Waals surface area contributed by atoms with Gasteiger partial charge in [-0.3, -0.25) is 0 Å². The number of carbonyl (C=O) groups is 1. The number of nitrogens with zero attached hydrogens (tertiary/aromatic N) is 2. The topological polar surface area (TPSA) is 64.1 Å². The van der Waals surface area contributed by atoms with Gasteiger partial charge >= 0.3 is 5.97 Å². The maximum atomic E-state index is 11.4. The van der Waals surface area contributed by atoms with Crippen LogP contribution < -0.4 is 5.32 Å². The lowest BCUT2D eigenvalue weighted by Crippen LogP contribution is -2.01. The molecule has 0 atom stereocenters. The van der Waals surface area contributed by atoms with Crippen LogP contribution in [-0.4, -0.2) is 23.0 Å². The van der Waals surface area contributed by atoms with E-state index in [1.165, 1.54) is 12.0 Å². The number of hydrogen-bond acceptors (Lipinski definition) is 6. The molecule has 0 aliphatic rings. The van der Waals surface area contributed by atoms with Crippen LogP contribution in [-0.2, 0) is 4.74 Å². The van der Waals surface area contributed by atoms with Gasteiger partial charge in [0.25, 0.3) is 0 Å². The van der Waals surface area contributed by atoms with Crippen molar-refractivity contribution in [1.29, 1.82) is 0 Å². The summed E-state index contributed by atoms with van der Waals surface area (Å²) >= 11 is 1.65. The highest BCUT2D eigenvalue weighted by atomic mass is 32.1. The Balaban J connectivity index is 1.94. The van der Waals surface area contributed by atoms with Gasteiger partial charge < -0.3 is 10.1 Å². The van der Waals surface area contributed by atoms with E-state index < -0.39 is 0 Å². The Labute approximate surface area is 132 Å². The van der Waals surface area contributed by atoms with Crippen molar-refractivity contribution < 1.29 is 9.53 Å². The summed E-state index contributed by atoms with van der Waals surface area (Å²) in [6.45, 7) is 3.93. The number of aryl methyl sites for hydroxylation is 2. The highest BCUT2D eigenvalue weighted by Gasteiger charge is 2.10. The summed E-state index contributed by atoms with van der Waals surface area (Å²) in [4.78, 5) is 22.5. The van der Waals surface area contributed by atoms with E-state index >= 15 is 0 Å². The van der Waals surface area contributed by atoms with Gasteiger partial charge in [-0.15, -0.1) is 11.3 Å². The first kappa shape index (κ1) is 14.5. The van der Waals surface area contributed by atoms with Crippen molar-refractivity contribution in [3.8, 4) is 0 Å². The first-order valence-electron chi connectivity index (χ1n) is 6.77. The van der Waals surface area contributed by atoms with E-state index in [1.54, 1.807) is 23.5 Å². The minimum atomic E-state index is -0.347. The van der Waals surface area contributed by atoms with E-state index in [0.717, 1.165) is 27.5 Å². The van der Waals surface area contributed by atoms with Crippen molar-refractivity contribution in [2.24, 2.45) is 0 Å². The highest BCUT2D eigenvalue weighted by molar-refractivity contribution is 7.18. The predicted octanol–water partition coefficient (Wildman–Crippen LogP) is 3.84. The van der Waals surface area contributed by atoms with Crippen molar-refractivity contribution in [3.63, 3.8) is 0 Å². The van der Waals surface area contributed by atoms with Gasteiger partial charge in [0.15, 0.2) is 0 Å². The molecule has 0 bridgehead atoms. The number of hydrogen-bond donors (Lipinski definition) is 1. The zero-order valence-electron chi connectivity index (χ0n) is 12.5. The van der Waals surface area contributed by atoms with Crippen LogP contribution in [0.4, 0.5) is 11.5 Å². The van der Waals surface area contributed by atoms with Crippen LogP contribution in [0.5, 0.6) is 0 Å². The minimum Gasteiger partial charge on any atom is -0.465 e. The summed E-state index contributed by atoms with van der Waals surface area (Å²) in [6, 6.07) is 9.17. The van der Waals surface area contributed by atoms with Gasteiger partial charge in [0, 0.05) is 10.6 Å². The first-order chi connectivity index (χ1) is 10.6. The Kier molecular flexibility index (Phi) is 3.77. The molecule has 3 rings (SSSR count). The molecule has 0 amide bonds. The van der Waals surface area contributed by atoms with Crippen LogP contribution in [0.15, 0.2) is 30.3 Å². The van der Waals surface area contributed by atoms with Crippen molar-refractivity contribution in [2.45, 2.75) is 13.8 Å². The number of nitrogens with one attached hydrogen (secondary N) is 1. The summed E-state index contributed by atoms with van der Waals surface area (Å²) in [5.74, 6) is 1.15. The number of carbonyl (C=O) groups excluding carboxylic acids is 1. The second-order valence-corrected chi connectivity index (χ2v) is 6.12. The van der Waals surface area contributed by atoms with E-state index in [1.807, 2.05) is 19.1 Å². The molecule has 0 fully saturated rings. The Morgan fingerprint density at radius 2 is 1.91 bits per heavy atom. The fraction of sp³-hybridized carbons (Fsp3) is 0.188. The molecule has 0 aliphatic carbocycles. The molecule has 1 N–H and O–H groups in total. The van der Waals surface area contributed by atoms with Gasteiger partial charge in [0.05, 0.1) is 18.1 Å². The molecule has 0 spiro atoms. The molecule has 0 radical (unpaired) electrons. The maximum Gasteiger partial charge on any atom is 0.337 e. The van der Waals surface area contributed by atoms with Crippen LogP contribution in [0.2, 0.25) is 0 Å². The zero-order chi connectivity index (χ0) is 15.7. The number of aromatic nitrogens is 2. The summed E-state index contributed by atoms with van der Waals surface area (Å²) in [7, 11) is 1.37. The fourth-order valence-electron chi connectivity index (χ4n) is 2.19. The molecule has 22 heavy (non-hydrogen) atoms. The van der Waals surface area contributed by atoms with E-state index in [0.29, 0.717) is 5.56 Å². The molecule has 112 valence electrons. The van der Waals surface area contributed by atoms with Crippen LogP contribution in [0, 0.1) is 13.8 Å². The van der Waals surface area contributed by atoms with Crippen molar-refractivity contribution in [2.75, 3.05) is 12.4 Å². The zero-order valence-corrected chi connectivity index (χ0v) is 13.3. The summed E-state index contributed by atoms with van der Waals surface area (Å²) in [5, 5.41) is 4.29. The molecule has 5 nitrogen and oxygen atoms in total. The van der Waals surface area contributed by atoms with Crippen molar-refractivity contribution in [1.82, 2.24) is 9.97 Å². The van der Waals surface area contributed by atoms with Gasteiger partial charge in [-0.25, -0.2) is 14.8 Å². The summed E-state index contributed by atoms with van der Waals surface area (Å²) < 4.78 is 4.69. The molecular formula is C16H15N3O2S. The number of thiophene rings is 1. The monoisotopic (exact) mass is 313 g/mol. The quantitative estimate of drug-likeness (QED) is 0.744. The molecule has 3 aromatic rings. The molecule has 2 heterocycles. The standard InChI is InChI=1S/C16H15N3O2S/c1-9-8-13-14(17-10(2)18-15(13)22-9)19-12-6-4-11(5-7-12)16(20)21-3/h4-8H,1-3H3,(H,17,18,19). The van der Waals surface area contributed by atoms with Crippen molar-refractivity contribution in [3.05, 3.63) is 46.6 Å². The van der Waals surface area contributed by atoms with E-state index in [-0.39, 0.29) is 5.97 Å². The van der Waals surface area contributed by atoms with Gasteiger partial charge in [0.1, 0.15) is 16.5 Å². The molecule has 0 aliphatic heterocycles. The SMILES string of the molecule is COC(=O)c1ccc(Nc2nc(C)nc3sc(C)cc23)cc1. The van der Waals surface area contributed by atoms with Crippen LogP contribution in [0.3, 0.4) is 0 Å².